The predicted molar refractivity (Wildman–Crippen MR) is 97.5 cm³/mol. The van der Waals surface area contributed by atoms with Gasteiger partial charge in [-0.1, -0.05) is 31.5 Å². The summed E-state index contributed by atoms with van der Waals surface area (Å²) in [6.07, 6.45) is 2.08. The molecule has 0 bridgehead atoms. The largest absolute Gasteiger partial charge is 0.488 e. The van der Waals surface area contributed by atoms with Crippen LogP contribution in [-0.4, -0.2) is 41.7 Å². The Morgan fingerprint density at radius 2 is 2.04 bits per heavy atom. The molecule has 7 heteroatoms. The summed E-state index contributed by atoms with van der Waals surface area (Å²) in [5, 5.41) is 12.4. The van der Waals surface area contributed by atoms with E-state index in [1.165, 1.54) is 6.07 Å². The summed E-state index contributed by atoms with van der Waals surface area (Å²) in [6, 6.07) is 10.2. The molecule has 0 saturated carbocycles. The molecule has 0 spiro atoms. The first-order chi connectivity index (χ1) is 12.6. The molecule has 1 atom stereocenters. The van der Waals surface area contributed by atoms with E-state index in [4.69, 9.17) is 9.47 Å². The van der Waals surface area contributed by atoms with Crippen molar-refractivity contribution in [2.75, 3.05) is 19.7 Å². The highest BCUT2D eigenvalue weighted by atomic mass is 16.6. The van der Waals surface area contributed by atoms with E-state index in [1.54, 1.807) is 23.1 Å². The Bertz CT molecular complexity index is 808. The van der Waals surface area contributed by atoms with Gasteiger partial charge in [-0.25, -0.2) is 4.79 Å². The van der Waals surface area contributed by atoms with Crippen LogP contribution in [0.3, 0.4) is 0 Å². The van der Waals surface area contributed by atoms with E-state index < -0.39 is 4.92 Å². The molecule has 2 aromatic carbocycles. The minimum atomic E-state index is -0.393. The molecule has 138 valence electrons. The molecule has 1 saturated heterocycles. The molecule has 2 aromatic rings. The molecule has 1 fully saturated rings. The van der Waals surface area contributed by atoms with Crippen molar-refractivity contribution in [3.63, 3.8) is 0 Å². The van der Waals surface area contributed by atoms with Crippen LogP contribution < -0.4 is 4.74 Å². The fourth-order valence-corrected chi connectivity index (χ4v) is 3.08. The van der Waals surface area contributed by atoms with Gasteiger partial charge in [0.1, 0.15) is 11.9 Å². The van der Waals surface area contributed by atoms with E-state index in [1.807, 2.05) is 19.1 Å². The van der Waals surface area contributed by atoms with Gasteiger partial charge in [0.2, 0.25) is 0 Å². The Labute approximate surface area is 151 Å². The summed E-state index contributed by atoms with van der Waals surface area (Å²) in [5.74, 6) is 0.595. The van der Waals surface area contributed by atoms with Crippen molar-refractivity contribution in [1.29, 1.82) is 0 Å². The van der Waals surface area contributed by atoms with E-state index in [0.717, 1.165) is 12.8 Å². The Morgan fingerprint density at radius 1 is 1.27 bits per heavy atom. The number of benzene rings is 2. The number of nitro groups is 1. The zero-order chi connectivity index (χ0) is 18.5. The molecule has 3 rings (SSSR count). The summed E-state index contributed by atoms with van der Waals surface area (Å²) >= 11 is 0. The number of likely N-dealkylation sites (tertiary alicyclic amines) is 1. The van der Waals surface area contributed by atoms with Gasteiger partial charge in [0.15, 0.2) is 0 Å². The highest BCUT2D eigenvalue weighted by Crippen LogP contribution is 2.34. The van der Waals surface area contributed by atoms with Gasteiger partial charge in [-0.05, 0) is 18.6 Å². The zero-order valence-electron chi connectivity index (χ0n) is 14.7. The lowest BCUT2D eigenvalue weighted by molar-refractivity contribution is -0.383. The highest BCUT2D eigenvalue weighted by molar-refractivity contribution is 5.95. The third-order valence-corrected chi connectivity index (χ3v) is 4.48. The van der Waals surface area contributed by atoms with Crippen LogP contribution >= 0.6 is 0 Å². The number of rotatable bonds is 6. The number of hydrogen-bond donors (Lipinski definition) is 0. The minimum absolute atomic E-state index is 0.0560. The summed E-state index contributed by atoms with van der Waals surface area (Å²) in [5.41, 5.74) is 0.0560. The number of carbonyl (C=O) groups is 1. The molecule has 26 heavy (non-hydrogen) atoms. The summed E-state index contributed by atoms with van der Waals surface area (Å²) in [4.78, 5) is 24.5. The molecule has 0 unspecified atom stereocenters. The van der Waals surface area contributed by atoms with E-state index >= 15 is 0 Å². The van der Waals surface area contributed by atoms with Crippen LogP contribution in [0.4, 0.5) is 10.5 Å². The zero-order valence-corrected chi connectivity index (χ0v) is 14.7. The van der Waals surface area contributed by atoms with Crippen LogP contribution in [-0.2, 0) is 4.74 Å². The van der Waals surface area contributed by atoms with Crippen molar-refractivity contribution in [2.45, 2.75) is 32.3 Å². The molecule has 1 aliphatic rings. The average molecular weight is 358 g/mol. The van der Waals surface area contributed by atoms with Crippen LogP contribution in [0.25, 0.3) is 10.8 Å². The molecular weight excluding hydrogens is 336 g/mol. The van der Waals surface area contributed by atoms with Gasteiger partial charge in [0.25, 0.3) is 5.69 Å². The van der Waals surface area contributed by atoms with Crippen LogP contribution in [0.2, 0.25) is 0 Å². The Hall–Kier alpha value is -2.83. The fourth-order valence-electron chi connectivity index (χ4n) is 3.08. The first-order valence-corrected chi connectivity index (χ1v) is 8.84. The second kappa shape index (κ2) is 8.03. The van der Waals surface area contributed by atoms with Crippen molar-refractivity contribution in [1.82, 2.24) is 4.90 Å². The molecule has 0 aromatic heterocycles. The van der Waals surface area contributed by atoms with Crippen LogP contribution in [0.1, 0.15) is 26.2 Å². The lowest BCUT2D eigenvalue weighted by atomic mass is 10.1. The summed E-state index contributed by atoms with van der Waals surface area (Å²) < 4.78 is 11.3. The Kier molecular flexibility index (Phi) is 5.55. The SMILES string of the molecule is CCCCOC(=O)N1CC[C@H](Oc2ccc([N+](=O)[O-])c3ccccc23)C1. The lowest BCUT2D eigenvalue weighted by Gasteiger charge is -2.18. The maximum Gasteiger partial charge on any atom is 0.409 e. The van der Waals surface area contributed by atoms with Crippen molar-refractivity contribution < 1.29 is 19.2 Å². The van der Waals surface area contributed by atoms with Gasteiger partial charge in [-0.15, -0.1) is 0 Å². The van der Waals surface area contributed by atoms with E-state index in [0.29, 0.717) is 42.6 Å². The fraction of sp³-hybridized carbons (Fsp3) is 0.421. The number of non-ortho nitro benzene ring substituents is 1. The lowest BCUT2D eigenvalue weighted by Crippen LogP contribution is -2.31. The number of carbonyl (C=O) groups excluding carboxylic acids is 1. The smallest absolute Gasteiger partial charge is 0.409 e. The molecule has 7 nitrogen and oxygen atoms in total. The molecule has 0 N–H and O–H groups in total. The topological polar surface area (TPSA) is 81.9 Å². The maximum absolute atomic E-state index is 12.0. The van der Waals surface area contributed by atoms with Crippen molar-refractivity contribution >= 4 is 22.6 Å². The summed E-state index contributed by atoms with van der Waals surface area (Å²) in [6.45, 7) is 3.52. The number of nitro benzene ring substituents is 1. The van der Waals surface area contributed by atoms with Crippen LogP contribution in [0.15, 0.2) is 36.4 Å². The first-order valence-electron chi connectivity index (χ1n) is 8.84. The number of hydrogen-bond acceptors (Lipinski definition) is 5. The normalized spacial score (nSPS) is 16.7. The van der Waals surface area contributed by atoms with E-state index in [2.05, 4.69) is 0 Å². The molecule has 1 amide bonds. The Balaban J connectivity index is 1.70. The van der Waals surface area contributed by atoms with E-state index in [9.17, 15) is 14.9 Å². The highest BCUT2D eigenvalue weighted by Gasteiger charge is 2.29. The number of unbranched alkanes of at least 4 members (excludes halogenated alkanes) is 1. The van der Waals surface area contributed by atoms with Crippen molar-refractivity contribution in [3.8, 4) is 5.75 Å². The van der Waals surface area contributed by atoms with Gasteiger partial charge in [0.05, 0.1) is 23.5 Å². The minimum Gasteiger partial charge on any atom is -0.488 e. The molecule has 0 radical (unpaired) electrons. The predicted octanol–water partition coefficient (Wildman–Crippen LogP) is 4.14. The van der Waals surface area contributed by atoms with E-state index in [-0.39, 0.29) is 17.9 Å². The third-order valence-electron chi connectivity index (χ3n) is 4.48. The Morgan fingerprint density at radius 3 is 2.77 bits per heavy atom. The van der Waals surface area contributed by atoms with Gasteiger partial charge in [-0.2, -0.15) is 0 Å². The number of ether oxygens (including phenoxy) is 2. The monoisotopic (exact) mass is 358 g/mol. The first kappa shape index (κ1) is 18.0. The molecular formula is C19H22N2O5. The van der Waals surface area contributed by atoms with Gasteiger partial charge < -0.3 is 14.4 Å². The van der Waals surface area contributed by atoms with Crippen LogP contribution in [0, 0.1) is 10.1 Å². The quantitative estimate of drug-likeness (QED) is 0.440. The summed E-state index contributed by atoms with van der Waals surface area (Å²) in [7, 11) is 0. The van der Waals surface area contributed by atoms with Gasteiger partial charge >= 0.3 is 6.09 Å². The van der Waals surface area contributed by atoms with Gasteiger partial charge in [-0.3, -0.25) is 10.1 Å². The second-order valence-electron chi connectivity index (χ2n) is 6.33. The van der Waals surface area contributed by atoms with Crippen LogP contribution in [0.5, 0.6) is 5.75 Å². The maximum atomic E-state index is 12.0. The van der Waals surface area contributed by atoms with Gasteiger partial charge in [0, 0.05) is 24.4 Å². The second-order valence-corrected chi connectivity index (χ2v) is 6.33. The third kappa shape index (κ3) is 3.87. The van der Waals surface area contributed by atoms with Crippen molar-refractivity contribution in [3.05, 3.63) is 46.5 Å². The molecule has 1 heterocycles. The number of fused-ring (bicyclic) bond motifs is 1. The van der Waals surface area contributed by atoms with Crippen molar-refractivity contribution in [2.24, 2.45) is 0 Å². The molecule has 1 aliphatic heterocycles. The average Bonchev–Trinajstić information content (AvgIpc) is 3.10. The molecule has 0 aliphatic carbocycles. The number of nitrogens with zero attached hydrogens (tertiary/aromatic N) is 2. The number of amides is 1. The standard InChI is InChI=1S/C19H22N2O5/c1-2-3-12-25-19(22)20-11-10-14(13-20)26-18-9-8-17(21(23)24)15-6-4-5-7-16(15)18/h4-9,14H,2-3,10-13H2,1H3/t14-/m0/s1.